The molecule has 94 valence electrons. The van der Waals surface area contributed by atoms with Crippen LogP contribution in [0, 0.1) is 0 Å². The Morgan fingerprint density at radius 3 is 2.89 bits per heavy atom. The minimum atomic E-state index is 0.243. The van der Waals surface area contributed by atoms with Crippen molar-refractivity contribution in [1.82, 2.24) is 4.98 Å². The molecule has 0 spiro atoms. The molecule has 0 atom stereocenters. The number of H-pyrrole nitrogens is 1. The average molecular weight is 250 g/mol. The topological polar surface area (TPSA) is 48.0 Å². The van der Waals surface area contributed by atoms with Crippen molar-refractivity contribution in [2.45, 2.75) is 6.42 Å². The van der Waals surface area contributed by atoms with Crippen LogP contribution in [-0.4, -0.2) is 16.6 Å². The third-order valence-electron chi connectivity index (χ3n) is 3.79. The van der Waals surface area contributed by atoms with Gasteiger partial charge in [-0.3, -0.25) is 0 Å². The fraction of sp³-hybridized carbons (Fsp3) is 0.125. The van der Waals surface area contributed by atoms with Crippen molar-refractivity contribution in [3.63, 3.8) is 0 Å². The average Bonchev–Trinajstić information content (AvgIpc) is 3.00. The second-order valence-corrected chi connectivity index (χ2v) is 4.94. The first-order valence-electron chi connectivity index (χ1n) is 6.50. The SMILES string of the molecule is Oc1[nH]c2ccccc2c1-c1ccc2c(c1)CCN2. The van der Waals surface area contributed by atoms with Crippen molar-refractivity contribution in [3.05, 3.63) is 48.0 Å². The van der Waals surface area contributed by atoms with Crippen LogP contribution in [0.1, 0.15) is 5.56 Å². The molecule has 0 amide bonds. The maximum Gasteiger partial charge on any atom is 0.197 e. The molecule has 3 aromatic rings. The van der Waals surface area contributed by atoms with E-state index in [9.17, 15) is 5.11 Å². The molecule has 0 saturated heterocycles. The lowest BCUT2D eigenvalue weighted by Gasteiger charge is -2.04. The van der Waals surface area contributed by atoms with Gasteiger partial charge in [0.1, 0.15) is 0 Å². The predicted molar refractivity (Wildman–Crippen MR) is 77.6 cm³/mol. The first-order chi connectivity index (χ1) is 9.33. The fourth-order valence-electron chi connectivity index (χ4n) is 2.88. The van der Waals surface area contributed by atoms with Gasteiger partial charge in [0.15, 0.2) is 5.88 Å². The molecule has 0 fully saturated rings. The highest BCUT2D eigenvalue weighted by Gasteiger charge is 2.15. The molecular formula is C16H14N2O. The number of hydrogen-bond acceptors (Lipinski definition) is 2. The summed E-state index contributed by atoms with van der Waals surface area (Å²) in [4.78, 5) is 3.03. The van der Waals surface area contributed by atoms with E-state index in [-0.39, 0.29) is 5.88 Å². The highest BCUT2D eigenvalue weighted by atomic mass is 16.3. The molecule has 3 heteroatoms. The molecule has 0 saturated carbocycles. The highest BCUT2D eigenvalue weighted by Crippen LogP contribution is 2.38. The Kier molecular flexibility index (Phi) is 2.09. The van der Waals surface area contributed by atoms with Gasteiger partial charge in [0, 0.05) is 23.1 Å². The number of rotatable bonds is 1. The molecule has 0 aliphatic carbocycles. The van der Waals surface area contributed by atoms with Crippen molar-refractivity contribution >= 4 is 16.6 Å². The Bertz CT molecular complexity index is 774. The summed E-state index contributed by atoms with van der Waals surface area (Å²) in [6.45, 7) is 0.999. The van der Waals surface area contributed by atoms with Gasteiger partial charge in [-0.25, -0.2) is 0 Å². The molecule has 0 unspecified atom stereocenters. The molecule has 19 heavy (non-hydrogen) atoms. The first kappa shape index (κ1) is 10.5. The highest BCUT2D eigenvalue weighted by molar-refractivity contribution is 5.99. The number of fused-ring (bicyclic) bond motifs is 2. The maximum absolute atomic E-state index is 10.2. The number of hydrogen-bond donors (Lipinski definition) is 3. The Morgan fingerprint density at radius 1 is 1.05 bits per heavy atom. The molecule has 0 bridgehead atoms. The molecule has 0 radical (unpaired) electrons. The summed E-state index contributed by atoms with van der Waals surface area (Å²) >= 11 is 0. The first-order valence-corrected chi connectivity index (χ1v) is 6.50. The van der Waals surface area contributed by atoms with Gasteiger partial charge in [-0.2, -0.15) is 0 Å². The fourth-order valence-corrected chi connectivity index (χ4v) is 2.88. The van der Waals surface area contributed by atoms with Gasteiger partial charge in [-0.15, -0.1) is 0 Å². The second-order valence-electron chi connectivity index (χ2n) is 4.94. The van der Waals surface area contributed by atoms with Crippen molar-refractivity contribution in [3.8, 4) is 17.0 Å². The number of anilines is 1. The summed E-state index contributed by atoms with van der Waals surface area (Å²) in [5.74, 6) is 0.243. The summed E-state index contributed by atoms with van der Waals surface area (Å²) in [5, 5.41) is 14.6. The minimum absolute atomic E-state index is 0.243. The molecule has 3 nitrogen and oxygen atoms in total. The number of aromatic hydroxyl groups is 1. The Hall–Kier alpha value is -2.42. The zero-order valence-corrected chi connectivity index (χ0v) is 10.4. The minimum Gasteiger partial charge on any atom is -0.494 e. The van der Waals surface area contributed by atoms with E-state index < -0.39 is 0 Å². The maximum atomic E-state index is 10.2. The van der Waals surface area contributed by atoms with Gasteiger partial charge in [0.05, 0.1) is 5.56 Å². The standard InChI is InChI=1S/C16H14N2O/c19-16-15(12-3-1-2-4-14(12)18-16)11-5-6-13-10(9-11)7-8-17-13/h1-6,9,17-19H,7-8H2. The molecular weight excluding hydrogens is 236 g/mol. The van der Waals surface area contributed by atoms with E-state index in [1.165, 1.54) is 11.3 Å². The van der Waals surface area contributed by atoms with E-state index in [1.54, 1.807) is 0 Å². The summed E-state index contributed by atoms with van der Waals surface area (Å²) in [6.07, 6.45) is 1.05. The lowest BCUT2D eigenvalue weighted by Crippen LogP contribution is -1.90. The summed E-state index contributed by atoms with van der Waals surface area (Å²) in [6, 6.07) is 14.3. The van der Waals surface area contributed by atoms with E-state index in [4.69, 9.17) is 0 Å². The van der Waals surface area contributed by atoms with Gasteiger partial charge in [-0.1, -0.05) is 24.3 Å². The van der Waals surface area contributed by atoms with Gasteiger partial charge in [-0.05, 0) is 35.7 Å². The van der Waals surface area contributed by atoms with Crippen LogP contribution in [0.5, 0.6) is 5.88 Å². The summed E-state index contributed by atoms with van der Waals surface area (Å²) in [7, 11) is 0. The number of para-hydroxylation sites is 1. The van der Waals surface area contributed by atoms with Gasteiger partial charge >= 0.3 is 0 Å². The smallest absolute Gasteiger partial charge is 0.197 e. The van der Waals surface area contributed by atoms with Crippen LogP contribution in [0.2, 0.25) is 0 Å². The van der Waals surface area contributed by atoms with Crippen LogP contribution >= 0.6 is 0 Å². The number of benzene rings is 2. The third kappa shape index (κ3) is 1.51. The van der Waals surface area contributed by atoms with E-state index in [0.717, 1.165) is 35.0 Å². The molecule has 4 rings (SSSR count). The zero-order valence-electron chi connectivity index (χ0n) is 10.4. The van der Waals surface area contributed by atoms with Crippen LogP contribution in [0.25, 0.3) is 22.0 Å². The van der Waals surface area contributed by atoms with Crippen molar-refractivity contribution in [1.29, 1.82) is 0 Å². The Labute approximate surface area is 110 Å². The monoisotopic (exact) mass is 250 g/mol. The van der Waals surface area contributed by atoms with E-state index in [2.05, 4.69) is 28.5 Å². The predicted octanol–water partition coefficient (Wildman–Crippen LogP) is 3.51. The number of aromatic amines is 1. The largest absolute Gasteiger partial charge is 0.494 e. The second kappa shape index (κ2) is 3.79. The van der Waals surface area contributed by atoms with Gasteiger partial charge in [0.25, 0.3) is 0 Å². The Balaban J connectivity index is 1.97. The van der Waals surface area contributed by atoms with Crippen LogP contribution < -0.4 is 5.32 Å². The molecule has 2 heterocycles. The molecule has 1 aromatic heterocycles. The van der Waals surface area contributed by atoms with Crippen LogP contribution in [0.3, 0.4) is 0 Å². The van der Waals surface area contributed by atoms with Crippen molar-refractivity contribution < 1.29 is 5.11 Å². The summed E-state index contributed by atoms with van der Waals surface area (Å²) < 4.78 is 0. The summed E-state index contributed by atoms with van der Waals surface area (Å²) in [5.41, 5.74) is 5.46. The van der Waals surface area contributed by atoms with Crippen LogP contribution in [0.4, 0.5) is 5.69 Å². The number of aromatic nitrogens is 1. The molecule has 1 aliphatic heterocycles. The van der Waals surface area contributed by atoms with Crippen LogP contribution in [-0.2, 0) is 6.42 Å². The van der Waals surface area contributed by atoms with E-state index >= 15 is 0 Å². The van der Waals surface area contributed by atoms with Crippen molar-refractivity contribution in [2.24, 2.45) is 0 Å². The van der Waals surface area contributed by atoms with E-state index in [1.807, 2.05) is 24.3 Å². The van der Waals surface area contributed by atoms with Gasteiger partial charge < -0.3 is 15.4 Å². The lowest BCUT2D eigenvalue weighted by molar-refractivity contribution is 0.460. The molecule has 1 aliphatic rings. The quantitative estimate of drug-likeness (QED) is 0.619. The molecule has 3 N–H and O–H groups in total. The van der Waals surface area contributed by atoms with E-state index in [0.29, 0.717) is 0 Å². The normalized spacial score (nSPS) is 13.5. The lowest BCUT2D eigenvalue weighted by atomic mass is 10.0. The molecule has 2 aromatic carbocycles. The Morgan fingerprint density at radius 2 is 1.95 bits per heavy atom. The van der Waals surface area contributed by atoms with Gasteiger partial charge in [0.2, 0.25) is 0 Å². The van der Waals surface area contributed by atoms with Crippen LogP contribution in [0.15, 0.2) is 42.5 Å². The number of nitrogens with one attached hydrogen (secondary N) is 2. The zero-order chi connectivity index (χ0) is 12.8. The third-order valence-corrected chi connectivity index (χ3v) is 3.79. The van der Waals surface area contributed by atoms with Crippen molar-refractivity contribution in [2.75, 3.05) is 11.9 Å².